The Kier molecular flexibility index (Phi) is 2.42. The largest absolute Gasteiger partial charge is 0.355 e. The highest BCUT2D eigenvalue weighted by atomic mass is 16.2. The van der Waals surface area contributed by atoms with E-state index >= 15 is 0 Å². The van der Waals surface area contributed by atoms with Crippen LogP contribution in [0.25, 0.3) is 0 Å². The summed E-state index contributed by atoms with van der Waals surface area (Å²) in [7, 11) is 0. The van der Waals surface area contributed by atoms with Crippen LogP contribution in [0.1, 0.15) is 27.2 Å². The fourth-order valence-corrected chi connectivity index (χ4v) is 0.999. The molecule has 70 valence electrons. The molecule has 0 aromatic rings. The lowest BCUT2D eigenvalue weighted by Gasteiger charge is -2.18. The van der Waals surface area contributed by atoms with Gasteiger partial charge < -0.3 is 11.1 Å². The molecule has 2 unspecified atom stereocenters. The van der Waals surface area contributed by atoms with Gasteiger partial charge in [-0.25, -0.2) is 0 Å². The SMILES string of the molecule is CC(C)(C)CNC(=O)C1CC1N. The van der Waals surface area contributed by atoms with Crippen LogP contribution in [-0.2, 0) is 4.79 Å². The van der Waals surface area contributed by atoms with Crippen molar-refractivity contribution >= 4 is 5.91 Å². The molecular weight excluding hydrogens is 152 g/mol. The van der Waals surface area contributed by atoms with Crippen LogP contribution in [0.5, 0.6) is 0 Å². The molecule has 3 nitrogen and oxygen atoms in total. The van der Waals surface area contributed by atoms with Crippen LogP contribution in [0, 0.1) is 11.3 Å². The maximum absolute atomic E-state index is 11.3. The fourth-order valence-electron chi connectivity index (χ4n) is 0.999. The number of amides is 1. The minimum atomic E-state index is 0.0901. The lowest BCUT2D eigenvalue weighted by Crippen LogP contribution is -2.34. The number of nitrogens with two attached hydrogens (primary N) is 1. The Morgan fingerprint density at radius 2 is 2.08 bits per heavy atom. The summed E-state index contributed by atoms with van der Waals surface area (Å²) in [4.78, 5) is 11.3. The molecule has 0 aromatic heterocycles. The van der Waals surface area contributed by atoms with Crippen molar-refractivity contribution in [3.8, 4) is 0 Å². The molecular formula is C9H18N2O. The van der Waals surface area contributed by atoms with E-state index < -0.39 is 0 Å². The van der Waals surface area contributed by atoms with Gasteiger partial charge in [-0.1, -0.05) is 20.8 Å². The first-order valence-electron chi connectivity index (χ1n) is 4.43. The average Bonchev–Trinajstić information content (AvgIpc) is 2.60. The van der Waals surface area contributed by atoms with E-state index in [4.69, 9.17) is 5.73 Å². The van der Waals surface area contributed by atoms with Crippen LogP contribution in [0.2, 0.25) is 0 Å². The molecule has 0 aromatic carbocycles. The van der Waals surface area contributed by atoms with Crippen molar-refractivity contribution in [2.45, 2.75) is 33.2 Å². The van der Waals surface area contributed by atoms with E-state index in [1.807, 2.05) is 0 Å². The molecule has 0 spiro atoms. The van der Waals surface area contributed by atoms with E-state index in [1.54, 1.807) is 0 Å². The Morgan fingerprint density at radius 3 is 2.42 bits per heavy atom. The molecule has 12 heavy (non-hydrogen) atoms. The van der Waals surface area contributed by atoms with E-state index in [-0.39, 0.29) is 23.3 Å². The molecule has 0 saturated heterocycles. The van der Waals surface area contributed by atoms with Crippen LogP contribution >= 0.6 is 0 Å². The zero-order valence-corrected chi connectivity index (χ0v) is 8.05. The van der Waals surface area contributed by atoms with Crippen LogP contribution in [-0.4, -0.2) is 18.5 Å². The minimum Gasteiger partial charge on any atom is -0.355 e. The summed E-state index contributed by atoms with van der Waals surface area (Å²) in [6, 6.07) is 0.116. The maximum atomic E-state index is 11.3. The molecule has 1 aliphatic carbocycles. The maximum Gasteiger partial charge on any atom is 0.224 e. The second-order valence-electron chi connectivity index (χ2n) is 4.78. The Balaban J connectivity index is 2.20. The van der Waals surface area contributed by atoms with Crippen molar-refractivity contribution in [1.29, 1.82) is 0 Å². The number of hydrogen-bond acceptors (Lipinski definition) is 2. The molecule has 1 saturated carbocycles. The predicted molar refractivity (Wildman–Crippen MR) is 48.5 cm³/mol. The molecule has 0 aliphatic heterocycles. The Morgan fingerprint density at radius 1 is 1.58 bits per heavy atom. The van der Waals surface area contributed by atoms with Crippen LogP contribution < -0.4 is 11.1 Å². The van der Waals surface area contributed by atoms with Crippen molar-refractivity contribution in [2.24, 2.45) is 17.1 Å². The summed E-state index contributed by atoms with van der Waals surface area (Å²) >= 11 is 0. The average molecular weight is 170 g/mol. The molecule has 0 radical (unpaired) electrons. The minimum absolute atomic E-state index is 0.0901. The monoisotopic (exact) mass is 170 g/mol. The number of carbonyl (C=O) groups is 1. The van der Waals surface area contributed by atoms with Gasteiger partial charge in [-0.05, 0) is 11.8 Å². The van der Waals surface area contributed by atoms with Gasteiger partial charge in [-0.15, -0.1) is 0 Å². The second-order valence-corrected chi connectivity index (χ2v) is 4.78. The normalized spacial score (nSPS) is 28.3. The molecule has 0 bridgehead atoms. The predicted octanol–water partition coefficient (Wildman–Crippen LogP) is 0.496. The van der Waals surface area contributed by atoms with Crippen molar-refractivity contribution in [3.05, 3.63) is 0 Å². The summed E-state index contributed by atoms with van der Waals surface area (Å²) in [6.45, 7) is 7.02. The summed E-state index contributed by atoms with van der Waals surface area (Å²) in [6.07, 6.45) is 0.857. The topological polar surface area (TPSA) is 55.1 Å². The van der Waals surface area contributed by atoms with Crippen molar-refractivity contribution in [1.82, 2.24) is 5.32 Å². The molecule has 2 atom stereocenters. The smallest absolute Gasteiger partial charge is 0.224 e. The van der Waals surface area contributed by atoms with Gasteiger partial charge >= 0.3 is 0 Å². The third kappa shape index (κ3) is 2.81. The van der Waals surface area contributed by atoms with Crippen molar-refractivity contribution < 1.29 is 4.79 Å². The Labute approximate surface area is 73.7 Å². The van der Waals surface area contributed by atoms with Gasteiger partial charge in [0.1, 0.15) is 0 Å². The number of rotatable bonds is 2. The highest BCUT2D eigenvalue weighted by Gasteiger charge is 2.39. The molecule has 0 heterocycles. The molecule has 1 aliphatic rings. The van der Waals surface area contributed by atoms with Gasteiger partial charge in [0.15, 0.2) is 0 Å². The first kappa shape index (κ1) is 9.52. The summed E-state index contributed by atoms with van der Waals surface area (Å²) in [5.41, 5.74) is 5.71. The van der Waals surface area contributed by atoms with E-state index in [2.05, 4.69) is 26.1 Å². The van der Waals surface area contributed by atoms with Gasteiger partial charge in [-0.2, -0.15) is 0 Å². The number of nitrogens with one attached hydrogen (secondary N) is 1. The quantitative estimate of drug-likeness (QED) is 0.634. The molecule has 3 N–H and O–H groups in total. The van der Waals surface area contributed by atoms with E-state index in [1.165, 1.54) is 0 Å². The third-order valence-electron chi connectivity index (χ3n) is 1.97. The van der Waals surface area contributed by atoms with Gasteiger partial charge in [-0.3, -0.25) is 4.79 Å². The molecule has 3 heteroatoms. The summed E-state index contributed by atoms with van der Waals surface area (Å²) < 4.78 is 0. The van der Waals surface area contributed by atoms with Gasteiger partial charge in [0.05, 0.1) is 5.92 Å². The lowest BCUT2D eigenvalue weighted by molar-refractivity contribution is -0.122. The highest BCUT2D eigenvalue weighted by Crippen LogP contribution is 2.27. The summed E-state index contributed by atoms with van der Waals surface area (Å²) in [5.74, 6) is 0.213. The standard InChI is InChI=1S/C9H18N2O/c1-9(2,3)5-11-8(12)6-4-7(6)10/h6-7H,4-5,10H2,1-3H3,(H,11,12). The van der Waals surface area contributed by atoms with Crippen LogP contribution in [0.15, 0.2) is 0 Å². The number of carbonyl (C=O) groups excluding carboxylic acids is 1. The van der Waals surface area contributed by atoms with Crippen molar-refractivity contribution in [2.75, 3.05) is 6.54 Å². The first-order chi connectivity index (χ1) is 5.40. The van der Waals surface area contributed by atoms with Crippen LogP contribution in [0.3, 0.4) is 0 Å². The van der Waals surface area contributed by atoms with E-state index in [0.717, 1.165) is 13.0 Å². The fraction of sp³-hybridized carbons (Fsp3) is 0.889. The highest BCUT2D eigenvalue weighted by molar-refractivity contribution is 5.82. The van der Waals surface area contributed by atoms with E-state index in [0.29, 0.717) is 0 Å². The molecule has 1 rings (SSSR count). The van der Waals surface area contributed by atoms with Crippen LogP contribution in [0.4, 0.5) is 0 Å². The third-order valence-corrected chi connectivity index (χ3v) is 1.97. The second kappa shape index (κ2) is 3.05. The Bertz CT molecular complexity index is 183. The Hall–Kier alpha value is -0.570. The van der Waals surface area contributed by atoms with Gasteiger partial charge in [0.25, 0.3) is 0 Å². The molecule has 1 fully saturated rings. The van der Waals surface area contributed by atoms with Gasteiger partial charge in [0.2, 0.25) is 5.91 Å². The lowest BCUT2D eigenvalue weighted by atomic mass is 9.97. The summed E-state index contributed by atoms with van der Waals surface area (Å²) in [5, 5.41) is 2.90. The number of hydrogen-bond donors (Lipinski definition) is 2. The zero-order chi connectivity index (χ0) is 9.35. The molecule has 1 amide bonds. The van der Waals surface area contributed by atoms with Crippen molar-refractivity contribution in [3.63, 3.8) is 0 Å². The first-order valence-corrected chi connectivity index (χ1v) is 4.43. The van der Waals surface area contributed by atoms with Gasteiger partial charge in [0, 0.05) is 12.6 Å². The zero-order valence-electron chi connectivity index (χ0n) is 8.05. The van der Waals surface area contributed by atoms with E-state index in [9.17, 15) is 4.79 Å².